The molecule has 3 aromatic rings. The maximum atomic E-state index is 6.16. The average Bonchev–Trinajstić information content (AvgIpc) is 2.85. The summed E-state index contributed by atoms with van der Waals surface area (Å²) in [7, 11) is 4.22. The number of thioether (sulfide) groups is 1. The van der Waals surface area contributed by atoms with Crippen molar-refractivity contribution in [1.29, 1.82) is 0 Å². The predicted molar refractivity (Wildman–Crippen MR) is 108 cm³/mol. The molecule has 0 spiro atoms. The Kier molecular flexibility index (Phi) is 5.56. The van der Waals surface area contributed by atoms with Gasteiger partial charge in [0.2, 0.25) is 5.52 Å². The van der Waals surface area contributed by atoms with Crippen LogP contribution in [0.5, 0.6) is 0 Å². The van der Waals surface area contributed by atoms with Crippen LogP contribution in [0.2, 0.25) is 5.02 Å². The topological polar surface area (TPSA) is 7.12 Å². The van der Waals surface area contributed by atoms with Gasteiger partial charge in [-0.2, -0.15) is 0 Å². The Balaban J connectivity index is 0.00000196. The summed E-state index contributed by atoms with van der Waals surface area (Å²) < 4.78 is 2.20. The molecule has 0 N–H and O–H groups in total. The Bertz CT molecular complexity index is 1050. The molecule has 0 atom stereocenters. The Morgan fingerprint density at radius 1 is 1.12 bits per heavy atom. The predicted octanol–water partition coefficient (Wildman–Crippen LogP) is 2.48. The molecular weight excluding hydrogens is 475 g/mol. The zero-order valence-corrected chi connectivity index (χ0v) is 18.9. The van der Waals surface area contributed by atoms with Gasteiger partial charge in [-0.25, -0.2) is 4.57 Å². The van der Waals surface area contributed by atoms with Gasteiger partial charge in [0.15, 0.2) is 6.20 Å². The molecule has 1 aliphatic rings. The van der Waals surface area contributed by atoms with E-state index in [1.54, 1.807) is 11.8 Å². The van der Waals surface area contributed by atoms with Crippen LogP contribution >= 0.6 is 23.4 Å². The fourth-order valence-electron chi connectivity index (χ4n) is 3.54. The second-order valence-electron chi connectivity index (χ2n) is 6.62. The van der Waals surface area contributed by atoms with E-state index in [-0.39, 0.29) is 24.0 Å². The van der Waals surface area contributed by atoms with Crippen LogP contribution < -0.4 is 33.4 Å². The van der Waals surface area contributed by atoms with Gasteiger partial charge in [0.1, 0.15) is 7.05 Å². The summed E-state index contributed by atoms with van der Waals surface area (Å²) in [6.07, 6.45) is 4.42. The van der Waals surface area contributed by atoms with E-state index in [1.807, 2.05) is 12.1 Å². The van der Waals surface area contributed by atoms with Crippen LogP contribution in [0.15, 0.2) is 52.5 Å². The summed E-state index contributed by atoms with van der Waals surface area (Å²) in [5.74, 6) is 0. The molecule has 0 unspecified atom stereocenters. The highest BCUT2D eigenvalue weighted by Crippen LogP contribution is 2.46. The molecule has 26 heavy (non-hydrogen) atoms. The van der Waals surface area contributed by atoms with Crippen molar-refractivity contribution in [1.82, 2.24) is 0 Å². The Morgan fingerprint density at radius 3 is 2.65 bits per heavy atom. The maximum absolute atomic E-state index is 6.16. The van der Waals surface area contributed by atoms with Crippen molar-refractivity contribution in [2.45, 2.75) is 18.7 Å². The molecule has 0 aliphatic carbocycles. The first kappa shape index (κ1) is 19.5. The van der Waals surface area contributed by atoms with Gasteiger partial charge in [0.25, 0.3) is 0 Å². The zero-order valence-electron chi connectivity index (χ0n) is 15.2. The number of pyridine rings is 1. The van der Waals surface area contributed by atoms with Crippen LogP contribution in [0, 0.1) is 13.8 Å². The molecule has 0 saturated heterocycles. The number of fused-ring (bicyclic) bond motifs is 2. The standard InChI is InChI=1S/C21H20ClN2S.HI/c1-13-9-14(2)21-17(10-13)15(7-8-23(21)3)11-20-24(4)18-6-5-16(22)12-19(18)25-20;/h5-12H,1-4H3;1H/q+1;/p-1. The van der Waals surface area contributed by atoms with Crippen molar-refractivity contribution < 1.29 is 28.5 Å². The fourth-order valence-corrected chi connectivity index (χ4v) is 4.92. The molecule has 4 rings (SSSR count). The fraction of sp³-hybridized carbons (Fsp3) is 0.190. The van der Waals surface area contributed by atoms with E-state index in [1.165, 1.54) is 43.2 Å². The van der Waals surface area contributed by atoms with Gasteiger partial charge in [0.05, 0.1) is 16.1 Å². The van der Waals surface area contributed by atoms with Gasteiger partial charge < -0.3 is 28.9 Å². The molecule has 134 valence electrons. The first-order chi connectivity index (χ1) is 11.9. The average molecular weight is 495 g/mol. The maximum Gasteiger partial charge on any atom is 0.215 e. The summed E-state index contributed by atoms with van der Waals surface area (Å²) in [6.45, 7) is 4.34. The van der Waals surface area contributed by atoms with E-state index in [0.29, 0.717) is 0 Å². The van der Waals surface area contributed by atoms with E-state index in [9.17, 15) is 0 Å². The molecule has 0 radical (unpaired) electrons. The minimum absolute atomic E-state index is 0. The van der Waals surface area contributed by atoms with Gasteiger partial charge in [-0.3, -0.25) is 0 Å². The highest BCUT2D eigenvalue weighted by molar-refractivity contribution is 8.03. The number of hydrogen-bond donors (Lipinski definition) is 0. The lowest BCUT2D eigenvalue weighted by Crippen LogP contribution is -3.00. The smallest absolute Gasteiger partial charge is 0.215 e. The largest absolute Gasteiger partial charge is 1.00 e. The lowest BCUT2D eigenvalue weighted by atomic mass is 10.0. The van der Waals surface area contributed by atoms with E-state index in [4.69, 9.17) is 11.6 Å². The number of halogens is 2. The number of anilines is 1. The first-order valence-electron chi connectivity index (χ1n) is 8.26. The van der Waals surface area contributed by atoms with Crippen molar-refractivity contribution in [2.75, 3.05) is 11.9 Å². The number of aryl methyl sites for hydroxylation is 3. The Labute approximate surface area is 180 Å². The minimum Gasteiger partial charge on any atom is -1.00 e. The normalized spacial score (nSPS) is 14.7. The number of nitrogens with zero attached hydrogens (tertiary/aromatic N) is 2. The molecule has 0 fully saturated rings. The zero-order chi connectivity index (χ0) is 17.7. The molecule has 2 nitrogen and oxygen atoms in total. The quantitative estimate of drug-likeness (QED) is 0.379. The number of hydrogen-bond acceptors (Lipinski definition) is 2. The summed E-state index contributed by atoms with van der Waals surface area (Å²) in [6, 6.07) is 12.8. The third-order valence-electron chi connectivity index (χ3n) is 4.69. The Hall–Kier alpha value is -1.24. The SMILES string of the molecule is Cc1cc(C)c2c(c1)c(/C=C1\Sc3cc(Cl)ccc3N1C)cc[n+]2C.[I-]. The van der Waals surface area contributed by atoms with E-state index in [2.05, 4.69) is 73.9 Å². The third kappa shape index (κ3) is 3.35. The summed E-state index contributed by atoms with van der Waals surface area (Å²) in [5, 5.41) is 3.29. The molecule has 1 aromatic heterocycles. The molecule has 0 saturated carbocycles. The molecule has 0 amide bonds. The van der Waals surface area contributed by atoms with Crippen LogP contribution in [-0.2, 0) is 7.05 Å². The van der Waals surface area contributed by atoms with Crippen LogP contribution in [-0.4, -0.2) is 7.05 Å². The lowest BCUT2D eigenvalue weighted by Gasteiger charge is -2.14. The number of benzene rings is 2. The first-order valence-corrected chi connectivity index (χ1v) is 9.46. The van der Waals surface area contributed by atoms with Crippen molar-refractivity contribution in [3.63, 3.8) is 0 Å². The third-order valence-corrected chi connectivity index (χ3v) is 6.08. The molecule has 0 bridgehead atoms. The highest BCUT2D eigenvalue weighted by Gasteiger charge is 2.23. The van der Waals surface area contributed by atoms with Crippen LogP contribution in [0.1, 0.15) is 16.7 Å². The number of aromatic nitrogens is 1. The van der Waals surface area contributed by atoms with Crippen molar-refractivity contribution in [2.24, 2.45) is 7.05 Å². The second kappa shape index (κ2) is 7.41. The van der Waals surface area contributed by atoms with E-state index >= 15 is 0 Å². The molecular formula is C21H20ClIN2S. The molecule has 5 heteroatoms. The Morgan fingerprint density at radius 2 is 1.88 bits per heavy atom. The molecule has 2 aromatic carbocycles. The van der Waals surface area contributed by atoms with Crippen molar-refractivity contribution in [3.05, 3.63) is 69.3 Å². The van der Waals surface area contributed by atoms with Gasteiger partial charge in [0, 0.05) is 28.6 Å². The van der Waals surface area contributed by atoms with Crippen LogP contribution in [0.25, 0.3) is 17.0 Å². The minimum atomic E-state index is 0. The van der Waals surface area contributed by atoms with Gasteiger partial charge >= 0.3 is 0 Å². The van der Waals surface area contributed by atoms with Gasteiger partial charge in [-0.1, -0.05) is 23.4 Å². The summed E-state index contributed by atoms with van der Waals surface area (Å²) in [4.78, 5) is 3.44. The van der Waals surface area contributed by atoms with Crippen molar-refractivity contribution in [3.8, 4) is 0 Å². The van der Waals surface area contributed by atoms with E-state index in [0.717, 1.165) is 5.02 Å². The molecule has 1 aliphatic heterocycles. The second-order valence-corrected chi connectivity index (χ2v) is 8.11. The van der Waals surface area contributed by atoms with E-state index < -0.39 is 0 Å². The van der Waals surface area contributed by atoms with Gasteiger partial charge in [-0.15, -0.1) is 0 Å². The highest BCUT2D eigenvalue weighted by atomic mass is 127. The van der Waals surface area contributed by atoms with Crippen LogP contribution in [0.4, 0.5) is 5.69 Å². The summed E-state index contributed by atoms with van der Waals surface area (Å²) >= 11 is 7.93. The number of rotatable bonds is 1. The lowest BCUT2D eigenvalue weighted by molar-refractivity contribution is -0.645. The van der Waals surface area contributed by atoms with Crippen molar-refractivity contribution >= 4 is 46.0 Å². The van der Waals surface area contributed by atoms with Crippen LogP contribution in [0.3, 0.4) is 0 Å². The summed E-state index contributed by atoms with van der Waals surface area (Å²) in [5.41, 5.74) is 6.33. The van der Waals surface area contributed by atoms with Gasteiger partial charge in [-0.05, 0) is 61.4 Å². The molecule has 2 heterocycles. The monoisotopic (exact) mass is 494 g/mol.